The third-order valence-corrected chi connectivity index (χ3v) is 11.3. The standard InChI is InChI=1S/C28H44F2O5/c1-6-17-24(34)23-19-9-8-18(15(2)7-10-22(32)33)26(19,4)13-11-20(23)27(5)21(35-16(3)31)12-14-28(29,30)25(17)27/h15,17-21,23-25,34H,6-14H2,1-5H3,(H,32,33)/t15-,17+,18-,19+,20+,21?,23+,24-,25+,26-,27+/m1/s1. The zero-order chi connectivity index (χ0) is 25.9. The maximum atomic E-state index is 15.6. The van der Waals surface area contributed by atoms with Crippen molar-refractivity contribution in [2.45, 2.75) is 111 Å². The highest BCUT2D eigenvalue weighted by Crippen LogP contribution is 2.71. The maximum absolute atomic E-state index is 15.6. The molecule has 0 bridgehead atoms. The lowest BCUT2D eigenvalue weighted by atomic mass is 9.40. The fourth-order valence-corrected chi connectivity index (χ4v) is 9.96. The number of alkyl halides is 2. The summed E-state index contributed by atoms with van der Waals surface area (Å²) in [6.07, 6.45) is 3.27. The van der Waals surface area contributed by atoms with Gasteiger partial charge in [-0.05, 0) is 79.4 Å². The summed E-state index contributed by atoms with van der Waals surface area (Å²) >= 11 is 0. The Morgan fingerprint density at radius 1 is 1.09 bits per heavy atom. The molecule has 0 aliphatic heterocycles. The first-order valence-corrected chi connectivity index (χ1v) is 13.7. The number of hydrogen-bond acceptors (Lipinski definition) is 4. The van der Waals surface area contributed by atoms with E-state index in [2.05, 4.69) is 13.8 Å². The van der Waals surface area contributed by atoms with Crippen molar-refractivity contribution >= 4 is 11.9 Å². The lowest BCUT2D eigenvalue weighted by Crippen LogP contribution is -2.69. The highest BCUT2D eigenvalue weighted by atomic mass is 19.3. The van der Waals surface area contributed by atoms with Crippen LogP contribution < -0.4 is 0 Å². The molecule has 0 amide bonds. The van der Waals surface area contributed by atoms with E-state index in [1.165, 1.54) is 6.92 Å². The van der Waals surface area contributed by atoms with Crippen molar-refractivity contribution < 1.29 is 33.3 Å². The van der Waals surface area contributed by atoms with Crippen molar-refractivity contribution in [3.8, 4) is 0 Å². The van der Waals surface area contributed by atoms with Gasteiger partial charge in [0.2, 0.25) is 0 Å². The molecule has 0 aromatic carbocycles. The molecule has 4 rings (SSSR count). The number of esters is 1. The minimum absolute atomic E-state index is 0.0460. The molecule has 200 valence electrons. The van der Waals surface area contributed by atoms with Crippen LogP contribution in [-0.4, -0.2) is 40.3 Å². The summed E-state index contributed by atoms with van der Waals surface area (Å²) < 4.78 is 37.0. The largest absolute Gasteiger partial charge is 0.481 e. The molecule has 4 fully saturated rings. The molecule has 5 nitrogen and oxygen atoms in total. The normalized spacial score (nSPS) is 47.2. The van der Waals surface area contributed by atoms with E-state index in [0.717, 1.165) is 25.7 Å². The van der Waals surface area contributed by atoms with E-state index in [1.54, 1.807) is 0 Å². The van der Waals surface area contributed by atoms with E-state index < -0.39 is 47.3 Å². The minimum Gasteiger partial charge on any atom is -0.481 e. The van der Waals surface area contributed by atoms with Crippen LogP contribution in [0.4, 0.5) is 8.78 Å². The van der Waals surface area contributed by atoms with Crippen molar-refractivity contribution in [3.63, 3.8) is 0 Å². The Labute approximate surface area is 208 Å². The maximum Gasteiger partial charge on any atom is 0.303 e. The Hall–Kier alpha value is -1.24. The van der Waals surface area contributed by atoms with Crippen LogP contribution >= 0.6 is 0 Å². The molecule has 11 atom stereocenters. The summed E-state index contributed by atoms with van der Waals surface area (Å²) in [5, 5.41) is 20.9. The third-order valence-electron chi connectivity index (χ3n) is 11.3. The van der Waals surface area contributed by atoms with Gasteiger partial charge in [0, 0.05) is 31.1 Å². The van der Waals surface area contributed by atoms with E-state index in [4.69, 9.17) is 4.74 Å². The van der Waals surface area contributed by atoms with Gasteiger partial charge in [-0.3, -0.25) is 9.59 Å². The first kappa shape index (κ1) is 26.8. The average Bonchev–Trinajstić information content (AvgIpc) is 3.12. The summed E-state index contributed by atoms with van der Waals surface area (Å²) in [5.74, 6) is -5.07. The lowest BCUT2D eigenvalue weighted by Gasteiger charge is -2.66. The number of carbonyl (C=O) groups excluding carboxylic acids is 1. The van der Waals surface area contributed by atoms with Crippen molar-refractivity contribution in [2.24, 2.45) is 52.3 Å². The molecule has 4 aliphatic carbocycles. The van der Waals surface area contributed by atoms with Gasteiger partial charge in [-0.15, -0.1) is 0 Å². The number of carboxylic acid groups (broad SMARTS) is 1. The number of aliphatic hydroxyl groups excluding tert-OH is 1. The van der Waals surface area contributed by atoms with Gasteiger partial charge in [-0.1, -0.05) is 34.1 Å². The highest BCUT2D eigenvalue weighted by Gasteiger charge is 2.72. The monoisotopic (exact) mass is 498 g/mol. The Bertz CT molecular complexity index is 832. The topological polar surface area (TPSA) is 83.8 Å². The molecule has 1 unspecified atom stereocenters. The molecule has 0 saturated heterocycles. The van der Waals surface area contributed by atoms with Gasteiger partial charge in [0.1, 0.15) is 6.10 Å². The summed E-state index contributed by atoms with van der Waals surface area (Å²) in [5.41, 5.74) is -0.929. The van der Waals surface area contributed by atoms with E-state index in [9.17, 15) is 19.8 Å². The van der Waals surface area contributed by atoms with E-state index >= 15 is 8.78 Å². The average molecular weight is 499 g/mol. The molecular weight excluding hydrogens is 454 g/mol. The first-order chi connectivity index (χ1) is 16.3. The number of carboxylic acids is 1. The predicted octanol–water partition coefficient (Wildman–Crippen LogP) is 5.93. The fraction of sp³-hybridized carbons (Fsp3) is 0.929. The van der Waals surface area contributed by atoms with Gasteiger partial charge in [-0.25, -0.2) is 8.78 Å². The predicted molar refractivity (Wildman–Crippen MR) is 128 cm³/mol. The van der Waals surface area contributed by atoms with Crippen LogP contribution in [0.1, 0.15) is 92.4 Å². The number of halogens is 2. The van der Waals surface area contributed by atoms with Gasteiger partial charge in [0.25, 0.3) is 5.92 Å². The first-order valence-electron chi connectivity index (χ1n) is 13.7. The van der Waals surface area contributed by atoms with Crippen molar-refractivity contribution in [2.75, 3.05) is 0 Å². The Balaban J connectivity index is 1.72. The number of aliphatic hydroxyl groups is 1. The smallest absolute Gasteiger partial charge is 0.303 e. The number of rotatable bonds is 6. The van der Waals surface area contributed by atoms with Crippen molar-refractivity contribution in [1.82, 2.24) is 0 Å². The molecule has 4 aliphatic rings. The van der Waals surface area contributed by atoms with Gasteiger partial charge in [-0.2, -0.15) is 0 Å². The molecule has 0 aromatic rings. The molecule has 0 aromatic heterocycles. The van der Waals surface area contributed by atoms with Crippen LogP contribution in [0, 0.1) is 52.3 Å². The van der Waals surface area contributed by atoms with Gasteiger partial charge in [0.15, 0.2) is 0 Å². The third kappa shape index (κ3) is 4.12. The second-order valence-electron chi connectivity index (χ2n) is 12.7. The highest BCUT2D eigenvalue weighted by molar-refractivity contribution is 5.66. The van der Waals surface area contributed by atoms with Gasteiger partial charge >= 0.3 is 11.9 Å². The van der Waals surface area contributed by atoms with Crippen LogP contribution in [0.3, 0.4) is 0 Å². The summed E-state index contributed by atoms with van der Waals surface area (Å²) in [6, 6.07) is 0. The number of fused-ring (bicyclic) bond motifs is 5. The fourth-order valence-electron chi connectivity index (χ4n) is 9.96. The Morgan fingerprint density at radius 3 is 2.37 bits per heavy atom. The van der Waals surface area contributed by atoms with E-state index in [0.29, 0.717) is 18.8 Å². The quantitative estimate of drug-likeness (QED) is 0.444. The Kier molecular flexibility index (Phi) is 7.09. The number of ether oxygens (including phenoxy) is 1. The van der Waals surface area contributed by atoms with Crippen LogP contribution in [0.25, 0.3) is 0 Å². The molecule has 4 saturated carbocycles. The molecular formula is C28H44F2O5. The second kappa shape index (κ2) is 9.25. The van der Waals surface area contributed by atoms with Crippen molar-refractivity contribution in [1.29, 1.82) is 0 Å². The van der Waals surface area contributed by atoms with Crippen molar-refractivity contribution in [3.05, 3.63) is 0 Å². The molecule has 0 heterocycles. The Morgan fingerprint density at radius 2 is 1.77 bits per heavy atom. The SMILES string of the molecule is CC[C@H]1[C@@H](O)[C@H]2[C@@H]3CC[C@H]([C@H](C)CCC(=O)O)[C@@]3(C)CC[C@@H]2[C@@]2(C)C(OC(C)=O)CCC(F)(F)[C@@H]12. The second-order valence-corrected chi connectivity index (χ2v) is 12.7. The van der Waals surface area contributed by atoms with Crippen LogP contribution in [-0.2, 0) is 14.3 Å². The molecule has 2 N–H and O–H groups in total. The zero-order valence-corrected chi connectivity index (χ0v) is 21.9. The number of carbonyl (C=O) groups is 2. The van der Waals surface area contributed by atoms with Crippen LogP contribution in [0.15, 0.2) is 0 Å². The van der Waals surface area contributed by atoms with Gasteiger partial charge in [0.05, 0.1) is 6.10 Å². The van der Waals surface area contributed by atoms with Gasteiger partial charge < -0.3 is 14.9 Å². The van der Waals surface area contributed by atoms with Crippen LogP contribution in [0.2, 0.25) is 0 Å². The van der Waals surface area contributed by atoms with E-state index in [-0.39, 0.29) is 48.3 Å². The molecule has 7 heteroatoms. The minimum atomic E-state index is -2.90. The van der Waals surface area contributed by atoms with Crippen LogP contribution in [0.5, 0.6) is 0 Å². The lowest BCUT2D eigenvalue weighted by molar-refractivity contribution is -0.288. The van der Waals surface area contributed by atoms with E-state index in [1.807, 2.05) is 13.8 Å². The molecule has 0 spiro atoms. The number of hydrogen-bond donors (Lipinski definition) is 2. The summed E-state index contributed by atoms with van der Waals surface area (Å²) in [4.78, 5) is 23.2. The number of aliphatic carboxylic acids is 1. The molecule has 0 radical (unpaired) electrons. The summed E-state index contributed by atoms with van der Waals surface area (Å²) in [6.45, 7) is 9.62. The summed E-state index contributed by atoms with van der Waals surface area (Å²) in [7, 11) is 0. The molecule has 35 heavy (non-hydrogen) atoms. The zero-order valence-electron chi connectivity index (χ0n) is 21.9.